The lowest BCUT2D eigenvalue weighted by molar-refractivity contribution is -0.0317. The maximum Gasteiger partial charge on any atom is 0.258 e. The number of nitrogens with one attached hydrogen (secondary N) is 2. The summed E-state index contributed by atoms with van der Waals surface area (Å²) in [7, 11) is -7.35. The van der Waals surface area contributed by atoms with Crippen LogP contribution in [0.1, 0.15) is 60.9 Å². The highest BCUT2D eigenvalue weighted by atomic mass is 32.2. The van der Waals surface area contributed by atoms with Crippen molar-refractivity contribution >= 4 is 37.3 Å². The SMILES string of the molecule is CS(=O)(=O)Nc1ccc2c(c1)[C@]1(CC[C@H](C(F)F)CC1)CN2C(=O)c1cccc(S(=O)(=O)NC23CC(C2)C3)c1. The van der Waals surface area contributed by atoms with E-state index in [2.05, 4.69) is 9.44 Å². The number of benzene rings is 2. The number of nitrogens with zero attached hydrogens (tertiary/aromatic N) is 1. The molecule has 2 bridgehead atoms. The number of anilines is 2. The van der Waals surface area contributed by atoms with Crippen molar-refractivity contribution in [2.45, 2.75) is 67.2 Å². The molecule has 4 fully saturated rings. The van der Waals surface area contributed by atoms with E-state index in [0.717, 1.165) is 31.1 Å². The Morgan fingerprint density at radius 1 is 1.03 bits per heavy atom. The largest absolute Gasteiger partial charge is 0.307 e. The van der Waals surface area contributed by atoms with Gasteiger partial charge in [-0.3, -0.25) is 9.52 Å². The molecule has 0 atom stereocenters. The minimum absolute atomic E-state index is 0.0253. The summed E-state index contributed by atoms with van der Waals surface area (Å²) in [5.41, 5.74) is 0.923. The third-order valence-electron chi connectivity index (χ3n) is 8.99. The van der Waals surface area contributed by atoms with E-state index in [9.17, 15) is 30.4 Å². The molecule has 0 aromatic heterocycles. The fourth-order valence-electron chi connectivity index (χ4n) is 6.90. The maximum absolute atomic E-state index is 13.8. The number of alkyl halides is 2. The van der Waals surface area contributed by atoms with Gasteiger partial charge in [0, 0.05) is 40.4 Å². The van der Waals surface area contributed by atoms with Crippen LogP contribution in [0.15, 0.2) is 47.4 Å². The number of hydrogen-bond donors (Lipinski definition) is 2. The van der Waals surface area contributed by atoms with Crippen LogP contribution in [-0.2, 0) is 25.5 Å². The van der Waals surface area contributed by atoms with Crippen molar-refractivity contribution in [3.05, 3.63) is 53.6 Å². The molecule has 8 nitrogen and oxygen atoms in total. The summed E-state index contributed by atoms with van der Waals surface area (Å²) in [6.45, 7) is 0.249. The van der Waals surface area contributed by atoms with Gasteiger partial charge in [0.05, 0.1) is 11.2 Å². The first-order chi connectivity index (χ1) is 18.3. The van der Waals surface area contributed by atoms with E-state index in [0.29, 0.717) is 43.0 Å². The van der Waals surface area contributed by atoms with E-state index in [-0.39, 0.29) is 22.5 Å². The monoisotopic (exact) mass is 579 g/mol. The topological polar surface area (TPSA) is 113 Å². The summed E-state index contributed by atoms with van der Waals surface area (Å²) in [6, 6.07) is 10.9. The predicted molar refractivity (Wildman–Crippen MR) is 143 cm³/mol. The zero-order valence-electron chi connectivity index (χ0n) is 21.5. The Kier molecular flexibility index (Phi) is 6.13. The van der Waals surface area contributed by atoms with Gasteiger partial charge in [0.1, 0.15) is 0 Å². The quantitative estimate of drug-likeness (QED) is 0.510. The average molecular weight is 580 g/mol. The predicted octanol–water partition coefficient (Wildman–Crippen LogP) is 4.24. The average Bonchev–Trinajstić information content (AvgIpc) is 3.13. The first-order valence-corrected chi connectivity index (χ1v) is 16.5. The van der Waals surface area contributed by atoms with Crippen LogP contribution >= 0.6 is 0 Å². The summed E-state index contributed by atoms with van der Waals surface area (Å²) >= 11 is 0. The van der Waals surface area contributed by atoms with Crippen molar-refractivity contribution in [1.82, 2.24) is 4.72 Å². The molecule has 39 heavy (non-hydrogen) atoms. The molecular weight excluding hydrogens is 548 g/mol. The van der Waals surface area contributed by atoms with Crippen LogP contribution in [0.4, 0.5) is 20.2 Å². The number of halogens is 2. The Balaban J connectivity index is 1.32. The maximum atomic E-state index is 13.8. The van der Waals surface area contributed by atoms with Crippen LogP contribution in [0.3, 0.4) is 0 Å². The van der Waals surface area contributed by atoms with Gasteiger partial charge in [-0.1, -0.05) is 6.07 Å². The van der Waals surface area contributed by atoms with E-state index >= 15 is 0 Å². The second kappa shape index (κ2) is 8.97. The molecule has 0 saturated heterocycles. The van der Waals surface area contributed by atoms with Crippen LogP contribution in [0.5, 0.6) is 0 Å². The van der Waals surface area contributed by atoms with Crippen molar-refractivity contribution in [2.75, 3.05) is 22.4 Å². The molecule has 4 saturated carbocycles. The van der Waals surface area contributed by atoms with Crippen molar-refractivity contribution < 1.29 is 30.4 Å². The molecule has 0 radical (unpaired) electrons. The number of carbonyl (C=O) groups is 1. The molecule has 2 aromatic carbocycles. The molecule has 0 unspecified atom stereocenters. The fraction of sp³-hybridized carbons (Fsp3) is 0.519. The van der Waals surface area contributed by atoms with Crippen LogP contribution < -0.4 is 14.3 Å². The molecule has 7 rings (SSSR count). The Hall–Kier alpha value is -2.57. The molecule has 1 amide bonds. The van der Waals surface area contributed by atoms with Gasteiger partial charge in [-0.25, -0.2) is 30.3 Å². The van der Waals surface area contributed by atoms with Crippen LogP contribution in [0, 0.1) is 11.8 Å². The lowest BCUT2D eigenvalue weighted by Crippen LogP contribution is -2.67. The lowest BCUT2D eigenvalue weighted by atomic mass is 9.50. The van der Waals surface area contributed by atoms with E-state index in [1.165, 1.54) is 12.1 Å². The standard InChI is InChI=1S/C27H31F2N3O5S2/c1-38(34,35)30-20-5-6-23-22(12-20)26(9-7-18(8-10-26)24(28)29)16-32(23)25(33)19-3-2-4-21(11-19)39(36,37)31-27-13-17(14-27)15-27/h2-6,11-12,17-18,24,30-31H,7-10,13-16H2,1H3/t17?,18-,26-,27?. The van der Waals surface area contributed by atoms with Gasteiger partial charge in [-0.15, -0.1) is 0 Å². The summed E-state index contributed by atoms with van der Waals surface area (Å²) in [5, 5.41) is 0. The van der Waals surface area contributed by atoms with Crippen molar-refractivity contribution in [2.24, 2.45) is 11.8 Å². The van der Waals surface area contributed by atoms with Gasteiger partial charge in [-0.05, 0) is 92.8 Å². The van der Waals surface area contributed by atoms with Crippen LogP contribution in [-0.4, -0.2) is 47.5 Å². The lowest BCUT2D eigenvalue weighted by Gasteiger charge is -2.61. The number of amides is 1. The molecule has 2 N–H and O–H groups in total. The van der Waals surface area contributed by atoms with E-state index < -0.39 is 43.7 Å². The molecule has 1 aliphatic heterocycles. The second-order valence-corrected chi connectivity index (χ2v) is 15.3. The minimum atomic E-state index is -3.80. The van der Waals surface area contributed by atoms with E-state index in [4.69, 9.17) is 0 Å². The third kappa shape index (κ3) is 4.74. The number of rotatable bonds is 7. The third-order valence-corrected chi connectivity index (χ3v) is 11.2. The number of hydrogen-bond acceptors (Lipinski definition) is 5. The van der Waals surface area contributed by atoms with Gasteiger partial charge in [0.25, 0.3) is 5.91 Å². The second-order valence-electron chi connectivity index (χ2n) is 11.8. The Morgan fingerprint density at radius 3 is 2.31 bits per heavy atom. The van der Waals surface area contributed by atoms with Crippen molar-refractivity contribution in [1.29, 1.82) is 0 Å². The Morgan fingerprint density at radius 2 is 1.72 bits per heavy atom. The zero-order chi connectivity index (χ0) is 27.8. The summed E-state index contributed by atoms with van der Waals surface area (Å²) in [6.07, 6.45) is 2.63. The van der Waals surface area contributed by atoms with E-state index in [1.54, 1.807) is 35.2 Å². The first-order valence-electron chi connectivity index (χ1n) is 13.1. The Bertz CT molecular complexity index is 1540. The minimum Gasteiger partial charge on any atom is -0.307 e. The molecule has 2 aromatic rings. The smallest absolute Gasteiger partial charge is 0.258 e. The zero-order valence-corrected chi connectivity index (χ0v) is 23.1. The molecule has 1 heterocycles. The number of carbonyl (C=O) groups excluding carboxylic acids is 1. The molecular formula is C27H31F2N3O5S2. The summed E-state index contributed by atoms with van der Waals surface area (Å²) in [5.74, 6) is -0.501. The summed E-state index contributed by atoms with van der Waals surface area (Å²) in [4.78, 5) is 15.4. The highest BCUT2D eigenvalue weighted by Crippen LogP contribution is 2.57. The number of fused-ring (bicyclic) bond motifs is 2. The number of sulfonamides is 2. The Labute approximate surface area is 227 Å². The highest BCUT2D eigenvalue weighted by Gasteiger charge is 2.58. The van der Waals surface area contributed by atoms with Gasteiger partial charge < -0.3 is 4.90 Å². The van der Waals surface area contributed by atoms with Crippen molar-refractivity contribution in [3.8, 4) is 0 Å². The molecule has 5 aliphatic rings. The summed E-state index contributed by atoms with van der Waals surface area (Å²) < 4.78 is 82.0. The molecule has 12 heteroatoms. The van der Waals surface area contributed by atoms with Crippen molar-refractivity contribution in [3.63, 3.8) is 0 Å². The fourth-order valence-corrected chi connectivity index (χ4v) is 8.93. The molecule has 210 valence electrons. The van der Waals surface area contributed by atoms with Crippen LogP contribution in [0.25, 0.3) is 0 Å². The van der Waals surface area contributed by atoms with Gasteiger partial charge >= 0.3 is 0 Å². The molecule has 1 spiro atoms. The highest BCUT2D eigenvalue weighted by molar-refractivity contribution is 7.92. The molecule has 4 aliphatic carbocycles. The van der Waals surface area contributed by atoms with Crippen LogP contribution in [0.2, 0.25) is 0 Å². The van der Waals surface area contributed by atoms with Gasteiger partial charge in [-0.2, -0.15) is 0 Å². The normalized spacial score (nSPS) is 29.6. The van der Waals surface area contributed by atoms with Gasteiger partial charge in [0.2, 0.25) is 26.5 Å². The first kappa shape index (κ1) is 26.6. The van der Waals surface area contributed by atoms with Gasteiger partial charge in [0.15, 0.2) is 0 Å². The van der Waals surface area contributed by atoms with E-state index in [1.807, 2.05) is 0 Å².